The summed E-state index contributed by atoms with van der Waals surface area (Å²) in [5.74, 6) is 0.0495. The largest absolute Gasteiger partial charge is 0.454 e. The van der Waals surface area contributed by atoms with Gasteiger partial charge in [0.25, 0.3) is 5.91 Å². The van der Waals surface area contributed by atoms with Crippen LogP contribution in [0.1, 0.15) is 38.2 Å². The van der Waals surface area contributed by atoms with Crippen molar-refractivity contribution >= 4 is 11.9 Å². The summed E-state index contributed by atoms with van der Waals surface area (Å²) in [6.45, 7) is 3.65. The maximum atomic E-state index is 12.0. The van der Waals surface area contributed by atoms with Gasteiger partial charge in [-0.15, -0.1) is 10.2 Å². The van der Waals surface area contributed by atoms with Gasteiger partial charge >= 0.3 is 5.97 Å². The second-order valence-corrected chi connectivity index (χ2v) is 7.11. The fourth-order valence-electron chi connectivity index (χ4n) is 3.21. The summed E-state index contributed by atoms with van der Waals surface area (Å²) in [5, 5.41) is 14.9. The number of esters is 1. The first-order valence-corrected chi connectivity index (χ1v) is 9.31. The quantitative estimate of drug-likeness (QED) is 0.779. The Morgan fingerprint density at radius 1 is 1.22 bits per heavy atom. The molecule has 2 unspecified atom stereocenters. The summed E-state index contributed by atoms with van der Waals surface area (Å²) in [5.41, 5.74) is 1.96. The molecule has 2 atom stereocenters. The highest BCUT2D eigenvalue weighted by Crippen LogP contribution is 2.23. The molecule has 144 valence electrons. The van der Waals surface area contributed by atoms with Crippen LogP contribution >= 0.6 is 0 Å². The molecule has 8 nitrogen and oxygen atoms in total. The molecule has 1 aliphatic rings. The maximum absolute atomic E-state index is 12.0. The van der Waals surface area contributed by atoms with Crippen molar-refractivity contribution < 1.29 is 14.3 Å². The first-order valence-electron chi connectivity index (χ1n) is 9.31. The zero-order chi connectivity index (χ0) is 19.2. The van der Waals surface area contributed by atoms with E-state index in [1.807, 2.05) is 31.2 Å². The standard InChI is InChI=1S/C19H25N5O3/c1-13-7-9-15(10-8-13)19-21-23-24(22-19)11-18(26)27-12-17(25)20-16-6-4-3-5-14(16)2/h7-10,14,16H,3-6,11-12H2,1-2H3,(H,20,25). The second-order valence-electron chi connectivity index (χ2n) is 7.11. The third kappa shape index (κ3) is 5.35. The van der Waals surface area contributed by atoms with Crippen LogP contribution in [0.15, 0.2) is 24.3 Å². The minimum atomic E-state index is -0.574. The number of carbonyl (C=O) groups is 2. The smallest absolute Gasteiger partial charge is 0.330 e. The van der Waals surface area contributed by atoms with Gasteiger partial charge in [-0.05, 0) is 30.9 Å². The van der Waals surface area contributed by atoms with E-state index in [4.69, 9.17) is 4.74 Å². The molecule has 2 aromatic rings. The fourth-order valence-corrected chi connectivity index (χ4v) is 3.21. The van der Waals surface area contributed by atoms with Gasteiger partial charge in [-0.2, -0.15) is 4.80 Å². The molecule has 3 rings (SSSR count). The van der Waals surface area contributed by atoms with Crippen molar-refractivity contribution in [2.45, 2.75) is 52.1 Å². The molecule has 0 radical (unpaired) electrons. The van der Waals surface area contributed by atoms with Crippen LogP contribution in [0.3, 0.4) is 0 Å². The molecule has 27 heavy (non-hydrogen) atoms. The van der Waals surface area contributed by atoms with Gasteiger partial charge in [-0.3, -0.25) is 4.79 Å². The number of ether oxygens (including phenoxy) is 1. The number of hydrogen-bond donors (Lipinski definition) is 1. The minimum Gasteiger partial charge on any atom is -0.454 e. The van der Waals surface area contributed by atoms with Crippen LogP contribution in [0.5, 0.6) is 0 Å². The molecule has 1 aromatic carbocycles. The van der Waals surface area contributed by atoms with Crippen LogP contribution in [0.2, 0.25) is 0 Å². The minimum absolute atomic E-state index is 0.166. The van der Waals surface area contributed by atoms with Crippen LogP contribution in [0.4, 0.5) is 0 Å². The van der Waals surface area contributed by atoms with Gasteiger partial charge < -0.3 is 10.1 Å². The summed E-state index contributed by atoms with van der Waals surface area (Å²) in [6.07, 6.45) is 4.42. The van der Waals surface area contributed by atoms with Crippen molar-refractivity contribution in [3.8, 4) is 11.4 Å². The van der Waals surface area contributed by atoms with E-state index in [1.165, 1.54) is 11.2 Å². The molecule has 1 N–H and O–H groups in total. The molecule has 0 aliphatic heterocycles. The van der Waals surface area contributed by atoms with E-state index >= 15 is 0 Å². The monoisotopic (exact) mass is 371 g/mol. The average Bonchev–Trinajstić information content (AvgIpc) is 3.11. The predicted octanol–water partition coefficient (Wildman–Crippen LogP) is 1.89. The number of nitrogens with zero attached hydrogens (tertiary/aromatic N) is 4. The van der Waals surface area contributed by atoms with E-state index in [0.29, 0.717) is 11.7 Å². The molecule has 1 saturated carbocycles. The SMILES string of the molecule is Cc1ccc(-c2nnn(CC(=O)OCC(=O)NC3CCCCC3C)n2)cc1. The highest BCUT2D eigenvalue weighted by Gasteiger charge is 2.23. The third-order valence-electron chi connectivity index (χ3n) is 4.86. The molecule has 8 heteroatoms. The van der Waals surface area contributed by atoms with Crippen LogP contribution in [-0.2, 0) is 20.9 Å². The van der Waals surface area contributed by atoms with Gasteiger partial charge in [0.1, 0.15) is 0 Å². The summed E-state index contributed by atoms with van der Waals surface area (Å²) in [6, 6.07) is 7.86. The zero-order valence-electron chi connectivity index (χ0n) is 15.7. The Morgan fingerprint density at radius 3 is 2.70 bits per heavy atom. The summed E-state index contributed by atoms with van der Waals surface area (Å²) in [4.78, 5) is 25.1. The van der Waals surface area contributed by atoms with E-state index in [9.17, 15) is 9.59 Å². The first kappa shape index (κ1) is 19.0. The molecule has 0 bridgehead atoms. The summed E-state index contributed by atoms with van der Waals surface area (Å²) in [7, 11) is 0. The number of aryl methyl sites for hydroxylation is 1. The van der Waals surface area contributed by atoms with E-state index < -0.39 is 5.97 Å². The number of tetrazole rings is 1. The van der Waals surface area contributed by atoms with Gasteiger partial charge in [0.15, 0.2) is 13.2 Å². The average molecular weight is 371 g/mol. The van der Waals surface area contributed by atoms with Crippen LogP contribution in [0.25, 0.3) is 11.4 Å². The van der Waals surface area contributed by atoms with Crippen molar-refractivity contribution in [3.63, 3.8) is 0 Å². The Bertz CT molecular complexity index is 787. The Kier molecular flexibility index (Phi) is 6.16. The Hall–Kier alpha value is -2.77. The molecule has 1 aliphatic carbocycles. The molecule has 1 amide bonds. The third-order valence-corrected chi connectivity index (χ3v) is 4.86. The number of amides is 1. The van der Waals surface area contributed by atoms with Crippen LogP contribution in [0, 0.1) is 12.8 Å². The highest BCUT2D eigenvalue weighted by atomic mass is 16.5. The molecular weight excluding hydrogens is 346 g/mol. The normalized spacial score (nSPS) is 19.5. The van der Waals surface area contributed by atoms with E-state index in [2.05, 4.69) is 27.7 Å². The van der Waals surface area contributed by atoms with E-state index in [-0.39, 0.29) is 25.1 Å². The molecule has 0 saturated heterocycles. The Balaban J connectivity index is 1.45. The van der Waals surface area contributed by atoms with Gasteiger partial charge in [-0.1, -0.05) is 49.6 Å². The van der Waals surface area contributed by atoms with Gasteiger partial charge in [0.2, 0.25) is 5.82 Å². The molecule has 1 fully saturated rings. The number of nitrogens with one attached hydrogen (secondary N) is 1. The maximum Gasteiger partial charge on any atom is 0.330 e. The van der Waals surface area contributed by atoms with Crippen molar-refractivity contribution in [1.29, 1.82) is 0 Å². The highest BCUT2D eigenvalue weighted by molar-refractivity contribution is 5.80. The van der Waals surface area contributed by atoms with Crippen molar-refractivity contribution in [2.75, 3.05) is 6.61 Å². The second kappa shape index (κ2) is 8.75. The Labute approximate surface area is 158 Å². The van der Waals surface area contributed by atoms with Crippen molar-refractivity contribution in [2.24, 2.45) is 5.92 Å². The predicted molar refractivity (Wildman–Crippen MR) is 98.5 cm³/mol. The topological polar surface area (TPSA) is 99.0 Å². The number of carbonyl (C=O) groups excluding carboxylic acids is 2. The van der Waals surface area contributed by atoms with Gasteiger partial charge in [-0.25, -0.2) is 4.79 Å². The number of hydrogen-bond acceptors (Lipinski definition) is 6. The van der Waals surface area contributed by atoms with Crippen molar-refractivity contribution in [3.05, 3.63) is 29.8 Å². The molecular formula is C19H25N5O3. The summed E-state index contributed by atoms with van der Waals surface area (Å²) >= 11 is 0. The first-order chi connectivity index (χ1) is 13.0. The number of rotatable bonds is 6. The van der Waals surface area contributed by atoms with Crippen molar-refractivity contribution in [1.82, 2.24) is 25.5 Å². The molecule has 0 spiro atoms. The zero-order valence-corrected chi connectivity index (χ0v) is 15.7. The molecule has 1 aromatic heterocycles. The fraction of sp³-hybridized carbons (Fsp3) is 0.526. The summed E-state index contributed by atoms with van der Waals surface area (Å²) < 4.78 is 5.04. The number of aromatic nitrogens is 4. The molecule has 1 heterocycles. The van der Waals surface area contributed by atoms with Gasteiger partial charge in [0.05, 0.1) is 0 Å². The van der Waals surface area contributed by atoms with Crippen LogP contribution in [-0.4, -0.2) is 44.7 Å². The van der Waals surface area contributed by atoms with Crippen LogP contribution < -0.4 is 5.32 Å². The van der Waals surface area contributed by atoms with E-state index in [1.54, 1.807) is 0 Å². The lowest BCUT2D eigenvalue weighted by Crippen LogP contribution is -2.43. The number of benzene rings is 1. The van der Waals surface area contributed by atoms with E-state index in [0.717, 1.165) is 30.4 Å². The lowest BCUT2D eigenvalue weighted by molar-refractivity contribution is -0.149. The lowest BCUT2D eigenvalue weighted by Gasteiger charge is -2.29. The van der Waals surface area contributed by atoms with Gasteiger partial charge in [0, 0.05) is 11.6 Å². The lowest BCUT2D eigenvalue weighted by atomic mass is 9.86. The Morgan fingerprint density at radius 2 is 1.96 bits per heavy atom.